The summed E-state index contributed by atoms with van der Waals surface area (Å²) in [6.07, 6.45) is 0. The second kappa shape index (κ2) is 6.08. The van der Waals surface area contributed by atoms with E-state index < -0.39 is 5.97 Å². The topological polar surface area (TPSA) is 61.5 Å². The zero-order valence-corrected chi connectivity index (χ0v) is 12.6. The Balaban J connectivity index is 2.21. The van der Waals surface area contributed by atoms with Gasteiger partial charge in [0, 0.05) is 16.2 Å². The molecule has 2 aromatic rings. The second-order valence-electron chi connectivity index (χ2n) is 3.73. The summed E-state index contributed by atoms with van der Waals surface area (Å²) in [6, 6.07) is 6.80. The van der Waals surface area contributed by atoms with Crippen molar-refractivity contribution in [1.82, 2.24) is 0 Å². The van der Waals surface area contributed by atoms with E-state index in [9.17, 15) is 4.79 Å². The molecule has 0 amide bonds. The summed E-state index contributed by atoms with van der Waals surface area (Å²) in [7, 11) is 1.33. The number of benzene rings is 1. The van der Waals surface area contributed by atoms with Crippen molar-refractivity contribution in [2.24, 2.45) is 0 Å². The van der Waals surface area contributed by atoms with Gasteiger partial charge in [0.05, 0.1) is 12.0 Å². The maximum absolute atomic E-state index is 11.6. The van der Waals surface area contributed by atoms with Crippen molar-refractivity contribution in [2.75, 3.05) is 12.8 Å². The lowest BCUT2D eigenvalue weighted by Crippen LogP contribution is -2.06. The van der Waals surface area contributed by atoms with E-state index in [0.717, 1.165) is 9.35 Å². The molecular formula is C13H12BrNO3S. The van der Waals surface area contributed by atoms with Crippen molar-refractivity contribution in [3.63, 3.8) is 0 Å². The maximum atomic E-state index is 11.6. The van der Waals surface area contributed by atoms with Gasteiger partial charge in [0.25, 0.3) is 0 Å². The Labute approximate surface area is 123 Å². The number of rotatable bonds is 4. The molecule has 0 radical (unpaired) electrons. The minimum atomic E-state index is -0.444. The predicted molar refractivity (Wildman–Crippen MR) is 78.5 cm³/mol. The van der Waals surface area contributed by atoms with Gasteiger partial charge in [-0.2, -0.15) is 0 Å². The highest BCUT2D eigenvalue weighted by Crippen LogP contribution is 2.27. The average Bonchev–Trinajstić information content (AvgIpc) is 2.81. The van der Waals surface area contributed by atoms with Crippen LogP contribution in [0.25, 0.3) is 0 Å². The standard InChI is InChI=1S/C13H12BrNO3S/c1-17-13(16)9-3-2-8(15)6-11(9)18-7-12-10(14)4-5-19-12/h2-6H,7,15H2,1H3. The number of ether oxygens (including phenoxy) is 2. The molecule has 0 spiro atoms. The van der Waals surface area contributed by atoms with Crippen LogP contribution in [-0.2, 0) is 11.3 Å². The molecule has 19 heavy (non-hydrogen) atoms. The fourth-order valence-corrected chi connectivity index (χ4v) is 2.89. The Morgan fingerprint density at radius 2 is 2.21 bits per heavy atom. The van der Waals surface area contributed by atoms with Crippen molar-refractivity contribution < 1.29 is 14.3 Å². The SMILES string of the molecule is COC(=O)c1ccc(N)cc1OCc1sccc1Br. The molecule has 0 saturated heterocycles. The summed E-state index contributed by atoms with van der Waals surface area (Å²) in [4.78, 5) is 12.7. The number of methoxy groups -OCH3 is 1. The number of halogens is 1. The molecule has 1 heterocycles. The Bertz CT molecular complexity index is 597. The molecule has 2 N–H and O–H groups in total. The van der Waals surface area contributed by atoms with Gasteiger partial charge in [-0.15, -0.1) is 11.3 Å². The van der Waals surface area contributed by atoms with Gasteiger partial charge in [-0.05, 0) is 39.5 Å². The highest BCUT2D eigenvalue weighted by molar-refractivity contribution is 9.10. The van der Waals surface area contributed by atoms with Gasteiger partial charge in [-0.25, -0.2) is 4.79 Å². The highest BCUT2D eigenvalue weighted by Gasteiger charge is 2.14. The van der Waals surface area contributed by atoms with Crippen molar-refractivity contribution in [3.05, 3.63) is 44.6 Å². The number of carbonyl (C=O) groups is 1. The van der Waals surface area contributed by atoms with Gasteiger partial charge >= 0.3 is 5.97 Å². The van der Waals surface area contributed by atoms with Crippen LogP contribution in [0, 0.1) is 0 Å². The molecule has 0 aliphatic carbocycles. The van der Waals surface area contributed by atoms with Crippen molar-refractivity contribution in [2.45, 2.75) is 6.61 Å². The molecule has 4 nitrogen and oxygen atoms in total. The van der Waals surface area contributed by atoms with Gasteiger partial charge in [-0.3, -0.25) is 0 Å². The fraction of sp³-hybridized carbons (Fsp3) is 0.154. The Kier molecular flexibility index (Phi) is 4.44. The zero-order valence-electron chi connectivity index (χ0n) is 10.2. The molecule has 0 aliphatic rings. The molecule has 0 unspecified atom stereocenters. The fourth-order valence-electron chi connectivity index (χ4n) is 1.51. The number of hydrogen-bond donors (Lipinski definition) is 1. The highest BCUT2D eigenvalue weighted by atomic mass is 79.9. The Morgan fingerprint density at radius 3 is 2.84 bits per heavy atom. The summed E-state index contributed by atoms with van der Waals surface area (Å²) < 4.78 is 11.4. The van der Waals surface area contributed by atoms with Crippen LogP contribution in [-0.4, -0.2) is 13.1 Å². The van der Waals surface area contributed by atoms with Crippen LogP contribution in [0.15, 0.2) is 34.1 Å². The summed E-state index contributed by atoms with van der Waals surface area (Å²) in [5.41, 5.74) is 6.61. The molecule has 0 atom stereocenters. The predicted octanol–water partition coefficient (Wildman–Crippen LogP) is 3.46. The van der Waals surface area contributed by atoms with E-state index in [2.05, 4.69) is 15.9 Å². The molecule has 0 bridgehead atoms. The largest absolute Gasteiger partial charge is 0.487 e. The van der Waals surface area contributed by atoms with Gasteiger partial charge in [0.15, 0.2) is 0 Å². The maximum Gasteiger partial charge on any atom is 0.341 e. The van der Waals surface area contributed by atoms with Crippen LogP contribution in [0.4, 0.5) is 5.69 Å². The van der Waals surface area contributed by atoms with Crippen LogP contribution < -0.4 is 10.5 Å². The third-order valence-electron chi connectivity index (χ3n) is 2.46. The number of carbonyl (C=O) groups excluding carboxylic acids is 1. The Morgan fingerprint density at radius 1 is 1.42 bits per heavy atom. The molecular weight excluding hydrogens is 330 g/mol. The van der Waals surface area contributed by atoms with Gasteiger partial charge in [0.1, 0.15) is 17.9 Å². The van der Waals surface area contributed by atoms with Crippen LogP contribution in [0.2, 0.25) is 0 Å². The molecule has 6 heteroatoms. The first-order valence-corrected chi connectivity index (χ1v) is 7.11. The third kappa shape index (κ3) is 3.27. The van der Waals surface area contributed by atoms with E-state index >= 15 is 0 Å². The normalized spacial score (nSPS) is 10.2. The minimum Gasteiger partial charge on any atom is -0.487 e. The number of nitrogen functional groups attached to an aromatic ring is 1. The lowest BCUT2D eigenvalue weighted by Gasteiger charge is -2.10. The molecule has 1 aromatic heterocycles. The third-order valence-corrected chi connectivity index (χ3v) is 4.36. The number of anilines is 1. The lowest BCUT2D eigenvalue weighted by atomic mass is 10.2. The number of hydrogen-bond acceptors (Lipinski definition) is 5. The monoisotopic (exact) mass is 341 g/mol. The van der Waals surface area contributed by atoms with E-state index in [1.807, 2.05) is 11.4 Å². The minimum absolute atomic E-state index is 0.365. The number of nitrogens with two attached hydrogens (primary N) is 1. The van der Waals surface area contributed by atoms with E-state index in [1.165, 1.54) is 7.11 Å². The molecule has 0 saturated carbocycles. The Hall–Kier alpha value is -1.53. The summed E-state index contributed by atoms with van der Waals surface area (Å²) in [5, 5.41) is 1.96. The number of thiophene rings is 1. The van der Waals surface area contributed by atoms with E-state index in [-0.39, 0.29) is 0 Å². The zero-order chi connectivity index (χ0) is 13.8. The summed E-state index contributed by atoms with van der Waals surface area (Å²) >= 11 is 5.00. The average molecular weight is 342 g/mol. The molecule has 0 fully saturated rings. The van der Waals surface area contributed by atoms with Crippen LogP contribution >= 0.6 is 27.3 Å². The van der Waals surface area contributed by atoms with Gasteiger partial charge in [-0.1, -0.05) is 0 Å². The quantitative estimate of drug-likeness (QED) is 0.683. The van der Waals surface area contributed by atoms with Gasteiger partial charge in [0.2, 0.25) is 0 Å². The van der Waals surface area contributed by atoms with E-state index in [4.69, 9.17) is 15.2 Å². The summed E-state index contributed by atoms with van der Waals surface area (Å²) in [6.45, 7) is 0.367. The second-order valence-corrected chi connectivity index (χ2v) is 5.58. The first-order valence-electron chi connectivity index (χ1n) is 5.44. The molecule has 0 aliphatic heterocycles. The molecule has 100 valence electrons. The van der Waals surface area contributed by atoms with Crippen molar-refractivity contribution in [3.8, 4) is 5.75 Å². The van der Waals surface area contributed by atoms with E-state index in [1.54, 1.807) is 29.5 Å². The first-order chi connectivity index (χ1) is 9.11. The molecule has 1 aromatic carbocycles. The summed E-state index contributed by atoms with van der Waals surface area (Å²) in [5.74, 6) is -0.0209. The number of esters is 1. The smallest absolute Gasteiger partial charge is 0.341 e. The molecule has 2 rings (SSSR count). The van der Waals surface area contributed by atoms with Gasteiger partial charge < -0.3 is 15.2 Å². The van der Waals surface area contributed by atoms with E-state index in [0.29, 0.717) is 23.6 Å². The van der Waals surface area contributed by atoms with Crippen LogP contribution in [0.5, 0.6) is 5.75 Å². The lowest BCUT2D eigenvalue weighted by molar-refractivity contribution is 0.0595. The van der Waals surface area contributed by atoms with Crippen LogP contribution in [0.1, 0.15) is 15.2 Å². The first kappa shape index (κ1) is 13.9. The van der Waals surface area contributed by atoms with Crippen molar-refractivity contribution in [1.29, 1.82) is 0 Å². The van der Waals surface area contributed by atoms with Crippen LogP contribution in [0.3, 0.4) is 0 Å². The van der Waals surface area contributed by atoms with Crippen molar-refractivity contribution >= 4 is 38.9 Å².